The van der Waals surface area contributed by atoms with Crippen molar-refractivity contribution in [2.75, 3.05) is 32.8 Å². The molecule has 150 valence electrons. The number of amides is 2. The number of ether oxygens (including phenoxy) is 2. The molecular weight excluding hydrogens is 348 g/mol. The fourth-order valence-corrected chi connectivity index (χ4v) is 3.86. The van der Waals surface area contributed by atoms with Crippen LogP contribution in [-0.2, 0) is 14.3 Å². The van der Waals surface area contributed by atoms with Gasteiger partial charge in [0.25, 0.3) is 5.91 Å². The van der Waals surface area contributed by atoms with Crippen LogP contribution >= 0.6 is 0 Å². The normalized spacial score (nSPS) is 25.6. The molecule has 0 radical (unpaired) electrons. The van der Waals surface area contributed by atoms with Crippen LogP contribution < -0.4 is 0 Å². The Morgan fingerprint density at radius 1 is 1.26 bits per heavy atom. The zero-order valence-electron chi connectivity index (χ0n) is 16.5. The molecular formula is C20H30N2O5. The van der Waals surface area contributed by atoms with E-state index in [-0.39, 0.29) is 30.1 Å². The number of hydrogen-bond acceptors (Lipinski definition) is 5. The number of carbonyl (C=O) groups excluding carboxylic acids is 2. The summed E-state index contributed by atoms with van der Waals surface area (Å²) in [6.07, 6.45) is 3.90. The number of nitrogens with zero attached hydrogens (tertiary/aromatic N) is 2. The van der Waals surface area contributed by atoms with Gasteiger partial charge in [0, 0.05) is 39.2 Å². The van der Waals surface area contributed by atoms with Crippen LogP contribution in [0.1, 0.15) is 49.2 Å². The molecule has 1 aromatic heterocycles. The summed E-state index contributed by atoms with van der Waals surface area (Å²) in [5.74, 6) is 0.554. The van der Waals surface area contributed by atoms with Crippen molar-refractivity contribution in [2.24, 2.45) is 0 Å². The van der Waals surface area contributed by atoms with E-state index in [1.807, 2.05) is 18.7 Å². The Morgan fingerprint density at radius 3 is 2.59 bits per heavy atom. The van der Waals surface area contributed by atoms with Gasteiger partial charge in [-0.25, -0.2) is 0 Å². The minimum Gasteiger partial charge on any atom is -0.469 e. The van der Waals surface area contributed by atoms with Crippen LogP contribution in [0.5, 0.6) is 0 Å². The molecule has 3 heterocycles. The number of furan rings is 1. The van der Waals surface area contributed by atoms with Crippen molar-refractivity contribution in [3.05, 3.63) is 23.7 Å². The van der Waals surface area contributed by atoms with Gasteiger partial charge in [0.05, 0.1) is 30.1 Å². The Labute approximate surface area is 160 Å². The SMILES string of the molecule is Cc1occc1C(=O)N(CCC(=O)N1C[C@@H](C)O[C@H](C)C1)C[C@@H]1CCCO1. The molecule has 2 aliphatic rings. The van der Waals surface area contributed by atoms with Gasteiger partial charge in [-0.15, -0.1) is 0 Å². The van der Waals surface area contributed by atoms with Crippen LogP contribution in [0.4, 0.5) is 0 Å². The highest BCUT2D eigenvalue weighted by Crippen LogP contribution is 2.18. The number of hydrogen-bond donors (Lipinski definition) is 0. The first-order chi connectivity index (χ1) is 12.9. The molecule has 3 atom stereocenters. The van der Waals surface area contributed by atoms with Crippen molar-refractivity contribution in [1.82, 2.24) is 9.80 Å². The number of rotatable bonds is 6. The summed E-state index contributed by atoms with van der Waals surface area (Å²) in [7, 11) is 0. The molecule has 0 aliphatic carbocycles. The van der Waals surface area contributed by atoms with Crippen molar-refractivity contribution < 1.29 is 23.5 Å². The minimum atomic E-state index is -0.103. The monoisotopic (exact) mass is 378 g/mol. The Morgan fingerprint density at radius 2 is 2.00 bits per heavy atom. The van der Waals surface area contributed by atoms with Crippen LogP contribution in [0.15, 0.2) is 16.7 Å². The number of morpholine rings is 1. The molecule has 0 N–H and O–H groups in total. The van der Waals surface area contributed by atoms with Gasteiger partial charge < -0.3 is 23.7 Å². The lowest BCUT2D eigenvalue weighted by atomic mass is 10.1. The van der Waals surface area contributed by atoms with Crippen LogP contribution in [0.2, 0.25) is 0 Å². The molecule has 0 saturated carbocycles. The van der Waals surface area contributed by atoms with E-state index >= 15 is 0 Å². The van der Waals surface area contributed by atoms with Crippen molar-refractivity contribution >= 4 is 11.8 Å². The van der Waals surface area contributed by atoms with E-state index in [4.69, 9.17) is 13.9 Å². The first-order valence-electron chi connectivity index (χ1n) is 9.82. The summed E-state index contributed by atoms with van der Waals surface area (Å²) in [4.78, 5) is 29.2. The maximum atomic E-state index is 13.0. The molecule has 0 aromatic carbocycles. The lowest BCUT2D eigenvalue weighted by Crippen LogP contribution is -2.49. The van der Waals surface area contributed by atoms with Crippen LogP contribution in [0.3, 0.4) is 0 Å². The van der Waals surface area contributed by atoms with Gasteiger partial charge in [-0.1, -0.05) is 0 Å². The molecule has 27 heavy (non-hydrogen) atoms. The quantitative estimate of drug-likeness (QED) is 0.759. The zero-order valence-corrected chi connectivity index (χ0v) is 16.5. The van der Waals surface area contributed by atoms with Crippen LogP contribution in [0, 0.1) is 6.92 Å². The van der Waals surface area contributed by atoms with E-state index in [2.05, 4.69) is 0 Å². The predicted molar refractivity (Wildman–Crippen MR) is 99.5 cm³/mol. The van der Waals surface area contributed by atoms with E-state index in [9.17, 15) is 9.59 Å². The second-order valence-corrected chi connectivity index (χ2v) is 7.58. The van der Waals surface area contributed by atoms with E-state index in [0.717, 1.165) is 19.4 Å². The molecule has 3 rings (SSSR count). The second-order valence-electron chi connectivity index (χ2n) is 7.58. The van der Waals surface area contributed by atoms with Gasteiger partial charge >= 0.3 is 0 Å². The third-order valence-electron chi connectivity index (χ3n) is 5.19. The number of aryl methyl sites for hydroxylation is 1. The van der Waals surface area contributed by atoms with Crippen molar-refractivity contribution in [2.45, 2.75) is 58.3 Å². The number of carbonyl (C=O) groups is 2. The summed E-state index contributed by atoms with van der Waals surface area (Å²) in [5, 5.41) is 0. The second kappa shape index (κ2) is 8.89. The summed E-state index contributed by atoms with van der Waals surface area (Å²) in [6, 6.07) is 1.69. The smallest absolute Gasteiger partial charge is 0.257 e. The first kappa shape index (κ1) is 19.9. The molecule has 2 fully saturated rings. The maximum absolute atomic E-state index is 13.0. The van der Waals surface area contributed by atoms with Gasteiger partial charge in [-0.05, 0) is 39.7 Å². The Kier molecular flexibility index (Phi) is 6.55. The largest absolute Gasteiger partial charge is 0.469 e. The summed E-state index contributed by atoms with van der Waals surface area (Å²) in [5.41, 5.74) is 0.550. The lowest BCUT2D eigenvalue weighted by molar-refractivity contribution is -0.143. The highest BCUT2D eigenvalue weighted by Gasteiger charge is 2.28. The molecule has 2 saturated heterocycles. The standard InChI is InChI=1S/C20H30N2O5/c1-14-11-22(12-15(2)27-14)19(23)6-8-21(13-17-5-4-9-26-17)20(24)18-7-10-25-16(18)3/h7,10,14-15,17H,4-6,8-9,11-13H2,1-3H3/t14-,15-,17+/m1/s1. The molecule has 0 bridgehead atoms. The van der Waals surface area contributed by atoms with Crippen molar-refractivity contribution in [1.29, 1.82) is 0 Å². The fourth-order valence-electron chi connectivity index (χ4n) is 3.86. The predicted octanol–water partition coefficient (Wildman–Crippen LogP) is 2.24. The van der Waals surface area contributed by atoms with E-state index in [1.165, 1.54) is 6.26 Å². The van der Waals surface area contributed by atoms with Crippen LogP contribution in [-0.4, -0.2) is 72.7 Å². The van der Waals surface area contributed by atoms with Gasteiger partial charge in [0.15, 0.2) is 0 Å². The molecule has 0 spiro atoms. The van der Waals surface area contributed by atoms with E-state index < -0.39 is 0 Å². The van der Waals surface area contributed by atoms with Gasteiger partial charge in [0.2, 0.25) is 5.91 Å². The molecule has 0 unspecified atom stereocenters. The third kappa shape index (κ3) is 5.11. The molecule has 2 aliphatic heterocycles. The Balaban J connectivity index is 1.63. The topological polar surface area (TPSA) is 72.2 Å². The Bertz CT molecular complexity index is 643. The average molecular weight is 378 g/mol. The first-order valence-corrected chi connectivity index (χ1v) is 9.82. The average Bonchev–Trinajstić information content (AvgIpc) is 3.28. The highest BCUT2D eigenvalue weighted by atomic mass is 16.5. The fraction of sp³-hybridized carbons (Fsp3) is 0.700. The minimum absolute atomic E-state index is 0.0379. The molecule has 7 heteroatoms. The summed E-state index contributed by atoms with van der Waals surface area (Å²) in [6.45, 7) is 8.55. The molecule has 2 amide bonds. The third-order valence-corrected chi connectivity index (χ3v) is 5.19. The van der Waals surface area contributed by atoms with Gasteiger partial charge in [0.1, 0.15) is 5.76 Å². The highest BCUT2D eigenvalue weighted by molar-refractivity contribution is 5.95. The van der Waals surface area contributed by atoms with Crippen molar-refractivity contribution in [3.8, 4) is 0 Å². The van der Waals surface area contributed by atoms with E-state index in [1.54, 1.807) is 17.9 Å². The Hall–Kier alpha value is -1.86. The molecule has 7 nitrogen and oxygen atoms in total. The van der Waals surface area contributed by atoms with E-state index in [0.29, 0.717) is 43.9 Å². The van der Waals surface area contributed by atoms with Crippen molar-refractivity contribution in [3.63, 3.8) is 0 Å². The lowest BCUT2D eigenvalue weighted by Gasteiger charge is -2.36. The zero-order chi connectivity index (χ0) is 19.4. The van der Waals surface area contributed by atoms with Gasteiger partial charge in [-0.3, -0.25) is 9.59 Å². The summed E-state index contributed by atoms with van der Waals surface area (Å²) < 4.78 is 16.7. The molecule has 1 aromatic rings. The summed E-state index contributed by atoms with van der Waals surface area (Å²) >= 11 is 0. The van der Waals surface area contributed by atoms with Gasteiger partial charge in [-0.2, -0.15) is 0 Å². The maximum Gasteiger partial charge on any atom is 0.257 e. The van der Waals surface area contributed by atoms with Crippen LogP contribution in [0.25, 0.3) is 0 Å².